The van der Waals surface area contributed by atoms with E-state index in [1.165, 1.54) is 0 Å². The monoisotopic (exact) mass is 232 g/mol. The highest BCUT2D eigenvalue weighted by Crippen LogP contribution is 2.54. The van der Waals surface area contributed by atoms with Crippen LogP contribution in [-0.2, 0) is 5.41 Å². The van der Waals surface area contributed by atoms with E-state index in [9.17, 15) is 13.9 Å². The molecule has 1 fully saturated rings. The summed E-state index contributed by atoms with van der Waals surface area (Å²) in [5.41, 5.74) is -0.220. The zero-order chi connectivity index (χ0) is 11.1. The largest absolute Gasteiger partial charge is 0.395 e. The zero-order valence-electron chi connectivity index (χ0n) is 8.01. The van der Waals surface area contributed by atoms with E-state index in [-0.39, 0.29) is 19.4 Å². The lowest BCUT2D eigenvalue weighted by molar-refractivity contribution is -0.139. The van der Waals surface area contributed by atoms with E-state index >= 15 is 0 Å². The fourth-order valence-corrected chi connectivity index (χ4v) is 2.55. The van der Waals surface area contributed by atoms with Gasteiger partial charge in [-0.05, 0) is 11.6 Å². The molecule has 1 aromatic rings. The van der Waals surface area contributed by atoms with Crippen LogP contribution in [0.25, 0.3) is 0 Å². The molecule has 0 aliphatic heterocycles. The molecule has 0 spiro atoms. The fraction of sp³-hybridized carbons (Fsp3) is 0.455. The zero-order valence-corrected chi connectivity index (χ0v) is 8.77. The summed E-state index contributed by atoms with van der Waals surface area (Å²) in [5, 5.41) is 9.70. The maximum Gasteiger partial charge on any atom is 0.250 e. The molecule has 0 aromatic heterocycles. The summed E-state index contributed by atoms with van der Waals surface area (Å²) in [7, 11) is 0. The van der Waals surface area contributed by atoms with Crippen molar-refractivity contribution in [3.05, 3.63) is 34.9 Å². The van der Waals surface area contributed by atoms with Gasteiger partial charge in [0, 0.05) is 23.3 Å². The minimum Gasteiger partial charge on any atom is -0.395 e. The smallest absolute Gasteiger partial charge is 0.250 e. The Morgan fingerprint density at radius 2 is 1.87 bits per heavy atom. The molecule has 1 saturated carbocycles. The van der Waals surface area contributed by atoms with E-state index in [0.29, 0.717) is 10.6 Å². The molecular formula is C11H11ClF2O. The highest BCUT2D eigenvalue weighted by Gasteiger charge is 2.57. The molecule has 1 N–H and O–H groups in total. The second-order valence-electron chi connectivity index (χ2n) is 4.13. The normalized spacial score (nSPS) is 22.1. The Hall–Kier alpha value is -0.670. The standard InChI is InChI=1S/C11H11ClF2O/c12-9-4-2-1-3-8(9)10(7-15)5-11(13,14)6-10/h1-4,15H,5-7H2. The van der Waals surface area contributed by atoms with Crippen molar-refractivity contribution < 1.29 is 13.9 Å². The summed E-state index contributed by atoms with van der Waals surface area (Å²) in [6, 6.07) is 6.85. The van der Waals surface area contributed by atoms with Gasteiger partial charge in [-0.25, -0.2) is 8.78 Å². The third-order valence-corrected chi connectivity index (χ3v) is 3.27. The van der Waals surface area contributed by atoms with Gasteiger partial charge in [-0.3, -0.25) is 0 Å². The molecule has 1 aromatic carbocycles. The van der Waals surface area contributed by atoms with Gasteiger partial charge in [-0.1, -0.05) is 29.8 Å². The number of alkyl halides is 2. The molecule has 15 heavy (non-hydrogen) atoms. The van der Waals surface area contributed by atoms with Crippen LogP contribution >= 0.6 is 11.6 Å². The molecule has 0 heterocycles. The van der Waals surface area contributed by atoms with Gasteiger partial charge in [0.05, 0.1) is 6.61 Å². The summed E-state index contributed by atoms with van der Waals surface area (Å²) >= 11 is 5.94. The predicted octanol–water partition coefficient (Wildman–Crippen LogP) is 3.00. The highest BCUT2D eigenvalue weighted by molar-refractivity contribution is 6.31. The van der Waals surface area contributed by atoms with E-state index < -0.39 is 11.3 Å². The van der Waals surface area contributed by atoms with Gasteiger partial charge in [0.2, 0.25) is 5.92 Å². The molecule has 0 radical (unpaired) electrons. The first-order chi connectivity index (χ1) is 6.99. The number of benzene rings is 1. The van der Waals surface area contributed by atoms with Crippen LogP contribution in [0, 0.1) is 0 Å². The highest BCUT2D eigenvalue weighted by atomic mass is 35.5. The van der Waals surface area contributed by atoms with Crippen molar-refractivity contribution in [1.82, 2.24) is 0 Å². The van der Waals surface area contributed by atoms with Crippen LogP contribution in [0.3, 0.4) is 0 Å². The molecule has 0 atom stereocenters. The van der Waals surface area contributed by atoms with Crippen LogP contribution in [0.1, 0.15) is 18.4 Å². The molecule has 0 bridgehead atoms. The summed E-state index contributed by atoms with van der Waals surface area (Å²) in [6.07, 6.45) is -0.638. The maximum atomic E-state index is 12.9. The third kappa shape index (κ3) is 1.74. The average molecular weight is 233 g/mol. The maximum absolute atomic E-state index is 12.9. The SMILES string of the molecule is OCC1(c2ccccc2Cl)CC(F)(F)C1. The Morgan fingerprint density at radius 3 is 2.33 bits per heavy atom. The number of halogens is 3. The van der Waals surface area contributed by atoms with E-state index in [4.69, 9.17) is 11.6 Å². The molecule has 0 amide bonds. The summed E-state index contributed by atoms with van der Waals surface area (Å²) < 4.78 is 25.8. The lowest BCUT2D eigenvalue weighted by Gasteiger charge is -2.46. The molecule has 1 nitrogen and oxygen atoms in total. The number of hydrogen-bond acceptors (Lipinski definition) is 1. The van der Waals surface area contributed by atoms with Crippen molar-refractivity contribution >= 4 is 11.6 Å². The molecule has 2 rings (SSSR count). The van der Waals surface area contributed by atoms with Crippen LogP contribution < -0.4 is 0 Å². The van der Waals surface area contributed by atoms with Crippen LogP contribution in [0.5, 0.6) is 0 Å². The number of rotatable bonds is 2. The van der Waals surface area contributed by atoms with Crippen molar-refractivity contribution in [1.29, 1.82) is 0 Å². The topological polar surface area (TPSA) is 20.2 Å². The lowest BCUT2D eigenvalue weighted by Crippen LogP contribution is -2.51. The van der Waals surface area contributed by atoms with E-state index in [0.717, 1.165) is 0 Å². The van der Waals surface area contributed by atoms with Crippen molar-refractivity contribution in [3.63, 3.8) is 0 Å². The van der Waals surface area contributed by atoms with E-state index in [1.54, 1.807) is 24.3 Å². The first-order valence-electron chi connectivity index (χ1n) is 4.73. The minimum atomic E-state index is -2.66. The van der Waals surface area contributed by atoms with Crippen molar-refractivity contribution in [2.45, 2.75) is 24.2 Å². The Balaban J connectivity index is 2.34. The van der Waals surface area contributed by atoms with Crippen LogP contribution in [-0.4, -0.2) is 17.6 Å². The predicted molar refractivity (Wildman–Crippen MR) is 54.4 cm³/mol. The lowest BCUT2D eigenvalue weighted by atomic mass is 9.62. The summed E-state index contributed by atoms with van der Waals surface area (Å²) in [5.74, 6) is -2.66. The van der Waals surface area contributed by atoms with Crippen LogP contribution in [0.15, 0.2) is 24.3 Å². The van der Waals surface area contributed by atoms with Crippen LogP contribution in [0.2, 0.25) is 5.02 Å². The van der Waals surface area contributed by atoms with Gasteiger partial charge in [0.1, 0.15) is 0 Å². The molecule has 0 unspecified atom stereocenters. The van der Waals surface area contributed by atoms with Gasteiger partial charge in [-0.2, -0.15) is 0 Å². The summed E-state index contributed by atoms with van der Waals surface area (Å²) in [6.45, 7) is -0.285. The molecule has 1 aliphatic carbocycles. The average Bonchev–Trinajstić information content (AvgIpc) is 2.14. The molecule has 0 saturated heterocycles. The quantitative estimate of drug-likeness (QED) is 0.831. The number of aliphatic hydroxyl groups is 1. The van der Waals surface area contributed by atoms with Gasteiger partial charge in [0.15, 0.2) is 0 Å². The van der Waals surface area contributed by atoms with Crippen molar-refractivity contribution in [3.8, 4) is 0 Å². The second kappa shape index (κ2) is 3.42. The molecule has 4 heteroatoms. The van der Waals surface area contributed by atoms with E-state index in [1.807, 2.05) is 0 Å². The molecule has 1 aliphatic rings. The van der Waals surface area contributed by atoms with Gasteiger partial charge >= 0.3 is 0 Å². The van der Waals surface area contributed by atoms with Gasteiger partial charge < -0.3 is 5.11 Å². The second-order valence-corrected chi connectivity index (χ2v) is 4.53. The van der Waals surface area contributed by atoms with Gasteiger partial charge in [-0.15, -0.1) is 0 Å². The number of hydrogen-bond donors (Lipinski definition) is 1. The summed E-state index contributed by atoms with van der Waals surface area (Å²) in [4.78, 5) is 0. The third-order valence-electron chi connectivity index (χ3n) is 2.94. The first kappa shape index (κ1) is 10.8. The Kier molecular flexibility index (Phi) is 2.47. The minimum absolute atomic E-state index is 0.285. The van der Waals surface area contributed by atoms with Crippen molar-refractivity contribution in [2.75, 3.05) is 6.61 Å². The Labute approximate surface area is 91.7 Å². The number of aliphatic hydroxyl groups excluding tert-OH is 1. The van der Waals surface area contributed by atoms with Crippen molar-refractivity contribution in [2.24, 2.45) is 0 Å². The van der Waals surface area contributed by atoms with Gasteiger partial charge in [0.25, 0.3) is 0 Å². The Bertz CT molecular complexity index is 371. The Morgan fingerprint density at radius 1 is 1.27 bits per heavy atom. The molecular weight excluding hydrogens is 222 g/mol. The fourth-order valence-electron chi connectivity index (χ4n) is 2.22. The van der Waals surface area contributed by atoms with E-state index in [2.05, 4.69) is 0 Å². The van der Waals surface area contributed by atoms with Crippen LogP contribution in [0.4, 0.5) is 8.78 Å². The molecule has 82 valence electrons. The first-order valence-corrected chi connectivity index (χ1v) is 5.11.